The molecule has 0 radical (unpaired) electrons. The molecule has 1 saturated heterocycles. The van der Waals surface area contributed by atoms with Crippen molar-refractivity contribution < 1.29 is 9.21 Å². The number of rotatable bonds is 4. The van der Waals surface area contributed by atoms with Gasteiger partial charge in [-0.3, -0.25) is 4.79 Å². The van der Waals surface area contributed by atoms with Crippen LogP contribution in [0.25, 0.3) is 0 Å². The van der Waals surface area contributed by atoms with E-state index in [0.717, 1.165) is 36.8 Å². The van der Waals surface area contributed by atoms with E-state index in [-0.39, 0.29) is 11.9 Å². The predicted molar refractivity (Wildman–Crippen MR) is 92.1 cm³/mol. The van der Waals surface area contributed by atoms with Gasteiger partial charge in [0.15, 0.2) is 10.9 Å². The second kappa shape index (κ2) is 7.08. The fourth-order valence-electron chi connectivity index (χ4n) is 2.91. The molecule has 3 heterocycles. The molecule has 0 N–H and O–H groups in total. The van der Waals surface area contributed by atoms with Gasteiger partial charge in [-0.05, 0) is 43.4 Å². The van der Waals surface area contributed by atoms with E-state index in [1.807, 2.05) is 48.7 Å². The highest BCUT2D eigenvalue weighted by Crippen LogP contribution is 2.23. The first-order valence-corrected chi connectivity index (χ1v) is 8.98. The van der Waals surface area contributed by atoms with Gasteiger partial charge < -0.3 is 14.2 Å². The van der Waals surface area contributed by atoms with Crippen molar-refractivity contribution in [2.24, 2.45) is 0 Å². The molecule has 122 valence electrons. The Bertz CT molecular complexity index is 651. The summed E-state index contributed by atoms with van der Waals surface area (Å²) in [6.07, 6.45) is 5.63. The quantitative estimate of drug-likeness (QED) is 0.806. The second-order valence-corrected chi connectivity index (χ2v) is 6.46. The van der Waals surface area contributed by atoms with Crippen LogP contribution in [0.5, 0.6) is 0 Å². The molecule has 6 heteroatoms. The molecule has 0 spiro atoms. The Hall–Kier alpha value is -1.95. The van der Waals surface area contributed by atoms with Gasteiger partial charge in [0.25, 0.3) is 5.91 Å². The number of furan rings is 1. The first kappa shape index (κ1) is 15.9. The van der Waals surface area contributed by atoms with Crippen LogP contribution in [0.2, 0.25) is 0 Å². The van der Waals surface area contributed by atoms with Gasteiger partial charge in [-0.1, -0.05) is 17.8 Å². The highest BCUT2D eigenvalue weighted by molar-refractivity contribution is 7.98. The molecular formula is C17H21N3O2S. The zero-order chi connectivity index (χ0) is 16.2. The maximum Gasteiger partial charge on any atom is 0.289 e. The Kier molecular flexibility index (Phi) is 4.91. The molecule has 0 aromatic carbocycles. The van der Waals surface area contributed by atoms with Gasteiger partial charge in [0.1, 0.15) is 5.82 Å². The molecule has 0 saturated carbocycles. The lowest BCUT2D eigenvalue weighted by Gasteiger charge is -2.37. The summed E-state index contributed by atoms with van der Waals surface area (Å²) in [6.45, 7) is 1.82. The minimum atomic E-state index is -0.0402. The Morgan fingerprint density at radius 1 is 1.30 bits per heavy atom. The third-order valence-corrected chi connectivity index (χ3v) is 4.92. The highest BCUT2D eigenvalue weighted by atomic mass is 32.2. The SMILES string of the molecule is CSc1ccc(C(=O)N(C)C2CCN(c3ccccn3)CC2)o1. The molecule has 1 fully saturated rings. The molecule has 1 aliphatic rings. The predicted octanol–water partition coefficient (Wildman–Crippen LogP) is 3.14. The number of thioether (sulfide) groups is 1. The van der Waals surface area contributed by atoms with Crippen LogP contribution in [-0.4, -0.2) is 48.2 Å². The van der Waals surface area contributed by atoms with E-state index in [0.29, 0.717) is 5.76 Å². The van der Waals surface area contributed by atoms with Gasteiger partial charge in [0.05, 0.1) is 0 Å². The van der Waals surface area contributed by atoms with E-state index in [4.69, 9.17) is 4.42 Å². The number of pyridine rings is 1. The molecule has 0 atom stereocenters. The Morgan fingerprint density at radius 3 is 2.70 bits per heavy atom. The Morgan fingerprint density at radius 2 is 2.09 bits per heavy atom. The van der Waals surface area contributed by atoms with Crippen LogP contribution in [0.3, 0.4) is 0 Å². The van der Waals surface area contributed by atoms with Gasteiger partial charge in [-0.25, -0.2) is 4.98 Å². The molecule has 5 nitrogen and oxygen atoms in total. The molecule has 0 unspecified atom stereocenters. The first-order chi connectivity index (χ1) is 11.2. The molecule has 0 aliphatic carbocycles. The van der Waals surface area contributed by atoms with Crippen molar-refractivity contribution in [1.29, 1.82) is 0 Å². The summed E-state index contributed by atoms with van der Waals surface area (Å²) in [7, 11) is 1.87. The monoisotopic (exact) mass is 331 g/mol. The van der Waals surface area contributed by atoms with E-state index in [9.17, 15) is 4.79 Å². The number of hydrogen-bond acceptors (Lipinski definition) is 5. The largest absolute Gasteiger partial charge is 0.445 e. The van der Waals surface area contributed by atoms with Crippen LogP contribution in [0.4, 0.5) is 5.82 Å². The van der Waals surface area contributed by atoms with Crippen LogP contribution in [-0.2, 0) is 0 Å². The van der Waals surface area contributed by atoms with E-state index in [1.165, 1.54) is 11.8 Å². The number of anilines is 1. The molecule has 1 aliphatic heterocycles. The number of carbonyl (C=O) groups excluding carboxylic acids is 1. The molecular weight excluding hydrogens is 310 g/mol. The van der Waals surface area contributed by atoms with Crippen molar-refractivity contribution in [2.45, 2.75) is 24.0 Å². The number of amides is 1. The lowest BCUT2D eigenvalue weighted by atomic mass is 10.0. The lowest BCUT2D eigenvalue weighted by Crippen LogP contribution is -2.45. The zero-order valence-electron chi connectivity index (χ0n) is 13.4. The van der Waals surface area contributed by atoms with Crippen LogP contribution >= 0.6 is 11.8 Å². The van der Waals surface area contributed by atoms with Crippen molar-refractivity contribution in [3.63, 3.8) is 0 Å². The zero-order valence-corrected chi connectivity index (χ0v) is 14.3. The smallest absolute Gasteiger partial charge is 0.289 e. The summed E-state index contributed by atoms with van der Waals surface area (Å²) in [5.74, 6) is 1.39. The molecule has 1 amide bonds. The summed E-state index contributed by atoms with van der Waals surface area (Å²) in [4.78, 5) is 21.0. The van der Waals surface area contributed by atoms with Crippen molar-refractivity contribution in [3.05, 3.63) is 42.3 Å². The van der Waals surface area contributed by atoms with Crippen LogP contribution in [0, 0.1) is 0 Å². The fraction of sp³-hybridized carbons (Fsp3) is 0.412. The standard InChI is InChI=1S/C17H21N3O2S/c1-19(17(21)14-6-7-16(22-14)23-2)13-8-11-20(12-9-13)15-5-3-4-10-18-15/h3-7,10,13H,8-9,11-12H2,1-2H3. The fourth-order valence-corrected chi connectivity index (χ4v) is 3.28. The van der Waals surface area contributed by atoms with Crippen LogP contribution in [0.15, 0.2) is 46.0 Å². The Labute approximate surface area is 140 Å². The van der Waals surface area contributed by atoms with Crippen molar-refractivity contribution in [1.82, 2.24) is 9.88 Å². The third-order valence-electron chi connectivity index (χ3n) is 4.30. The maximum atomic E-state index is 12.5. The van der Waals surface area contributed by atoms with Gasteiger partial charge in [-0.2, -0.15) is 0 Å². The second-order valence-electron chi connectivity index (χ2n) is 5.65. The summed E-state index contributed by atoms with van der Waals surface area (Å²) in [5, 5.41) is 0.770. The maximum absolute atomic E-state index is 12.5. The van der Waals surface area contributed by atoms with Gasteiger partial charge in [-0.15, -0.1) is 0 Å². The van der Waals surface area contributed by atoms with Crippen LogP contribution < -0.4 is 4.90 Å². The number of nitrogens with zero attached hydrogens (tertiary/aromatic N) is 3. The van der Waals surface area contributed by atoms with Crippen LogP contribution in [0.1, 0.15) is 23.4 Å². The van der Waals surface area contributed by atoms with Gasteiger partial charge >= 0.3 is 0 Å². The first-order valence-electron chi connectivity index (χ1n) is 7.76. The van der Waals surface area contributed by atoms with E-state index >= 15 is 0 Å². The number of hydrogen-bond donors (Lipinski definition) is 0. The van der Waals surface area contributed by atoms with E-state index in [2.05, 4.69) is 9.88 Å². The summed E-state index contributed by atoms with van der Waals surface area (Å²) >= 11 is 1.50. The number of aromatic nitrogens is 1. The third kappa shape index (κ3) is 3.52. The van der Waals surface area contributed by atoms with Gasteiger partial charge in [0, 0.05) is 32.4 Å². The lowest BCUT2D eigenvalue weighted by molar-refractivity contribution is 0.0671. The molecule has 3 rings (SSSR count). The van der Waals surface area contributed by atoms with Gasteiger partial charge in [0.2, 0.25) is 0 Å². The summed E-state index contributed by atoms with van der Waals surface area (Å²) in [5.41, 5.74) is 0. The van der Waals surface area contributed by atoms with Crippen molar-refractivity contribution in [2.75, 3.05) is 31.3 Å². The molecule has 2 aromatic rings. The molecule has 23 heavy (non-hydrogen) atoms. The summed E-state index contributed by atoms with van der Waals surface area (Å²) in [6, 6.07) is 9.80. The van der Waals surface area contributed by atoms with E-state index < -0.39 is 0 Å². The average Bonchev–Trinajstić information content (AvgIpc) is 3.10. The number of carbonyl (C=O) groups is 1. The summed E-state index contributed by atoms with van der Waals surface area (Å²) < 4.78 is 5.55. The Balaban J connectivity index is 1.59. The van der Waals surface area contributed by atoms with E-state index in [1.54, 1.807) is 6.07 Å². The topological polar surface area (TPSA) is 49.6 Å². The minimum Gasteiger partial charge on any atom is -0.445 e. The highest BCUT2D eigenvalue weighted by Gasteiger charge is 2.27. The molecule has 0 bridgehead atoms. The average molecular weight is 331 g/mol. The molecule has 2 aromatic heterocycles. The van der Waals surface area contributed by atoms with Crippen molar-refractivity contribution in [3.8, 4) is 0 Å². The number of piperidine rings is 1. The van der Waals surface area contributed by atoms with Crippen molar-refractivity contribution >= 4 is 23.5 Å². The normalized spacial score (nSPS) is 15.7. The minimum absolute atomic E-state index is 0.0402.